The van der Waals surface area contributed by atoms with Gasteiger partial charge in [-0.25, -0.2) is 0 Å². The predicted octanol–water partition coefficient (Wildman–Crippen LogP) is 2.53. The number of nitrogen functional groups attached to an aromatic ring is 1. The quantitative estimate of drug-likeness (QED) is 0.623. The van der Waals surface area contributed by atoms with E-state index in [4.69, 9.17) is 5.73 Å². The minimum Gasteiger partial charge on any atom is -0.398 e. The Morgan fingerprint density at radius 2 is 2.38 bits per heavy atom. The van der Waals surface area contributed by atoms with E-state index in [-0.39, 0.29) is 0 Å². The third-order valence-corrected chi connectivity index (χ3v) is 4.09. The maximum Gasteiger partial charge on any atom is 0.0452 e. The number of thioether (sulfide) groups is 1. The smallest absolute Gasteiger partial charge is 0.0452 e. The first-order valence-electron chi connectivity index (χ1n) is 5.92. The van der Waals surface area contributed by atoms with Crippen LogP contribution in [0.25, 0.3) is 0 Å². The number of nitrogens with one attached hydrogen (secondary N) is 1. The normalized spacial score (nSPS) is 20.2. The van der Waals surface area contributed by atoms with E-state index in [0.29, 0.717) is 0 Å². The summed E-state index contributed by atoms with van der Waals surface area (Å²) in [4.78, 5) is 1.21. The van der Waals surface area contributed by atoms with Gasteiger partial charge in [0.1, 0.15) is 0 Å². The van der Waals surface area contributed by atoms with Crippen LogP contribution in [-0.4, -0.2) is 19.3 Å². The van der Waals surface area contributed by atoms with Gasteiger partial charge in [0.15, 0.2) is 0 Å². The van der Waals surface area contributed by atoms with Gasteiger partial charge in [0, 0.05) is 10.6 Å². The molecule has 1 aliphatic heterocycles. The van der Waals surface area contributed by atoms with Crippen LogP contribution in [0.3, 0.4) is 0 Å². The zero-order valence-electron chi connectivity index (χ0n) is 9.83. The van der Waals surface area contributed by atoms with Crippen molar-refractivity contribution in [2.24, 2.45) is 5.92 Å². The van der Waals surface area contributed by atoms with Gasteiger partial charge in [-0.2, -0.15) is 0 Å². The van der Waals surface area contributed by atoms with E-state index in [1.54, 1.807) is 11.8 Å². The molecule has 16 heavy (non-hydrogen) atoms. The van der Waals surface area contributed by atoms with Crippen LogP contribution < -0.4 is 11.1 Å². The maximum absolute atomic E-state index is 5.89. The first kappa shape index (κ1) is 11.8. The number of anilines is 1. The molecule has 1 aromatic carbocycles. The van der Waals surface area contributed by atoms with Gasteiger partial charge in [0.05, 0.1) is 0 Å². The lowest BCUT2D eigenvalue weighted by Crippen LogP contribution is -2.09. The lowest BCUT2D eigenvalue weighted by molar-refractivity contribution is 0.533. The first-order chi connectivity index (χ1) is 7.79. The molecular weight excluding hydrogens is 216 g/mol. The van der Waals surface area contributed by atoms with Gasteiger partial charge < -0.3 is 11.1 Å². The molecule has 3 heteroatoms. The van der Waals surface area contributed by atoms with Crippen molar-refractivity contribution in [3.05, 3.63) is 23.8 Å². The highest BCUT2D eigenvalue weighted by Gasteiger charge is 2.14. The third kappa shape index (κ3) is 2.92. The van der Waals surface area contributed by atoms with Gasteiger partial charge in [-0.15, -0.1) is 11.8 Å². The highest BCUT2D eigenvalue weighted by atomic mass is 32.2. The molecule has 0 aromatic heterocycles. The Hall–Kier alpha value is -0.670. The summed E-state index contributed by atoms with van der Waals surface area (Å²) in [5.74, 6) is 0.871. The summed E-state index contributed by atoms with van der Waals surface area (Å²) < 4.78 is 0. The van der Waals surface area contributed by atoms with Gasteiger partial charge in [-0.05, 0) is 62.2 Å². The van der Waals surface area contributed by atoms with Crippen LogP contribution >= 0.6 is 11.8 Å². The van der Waals surface area contributed by atoms with Crippen LogP contribution in [0, 0.1) is 5.92 Å². The van der Waals surface area contributed by atoms with E-state index >= 15 is 0 Å². The molecule has 1 heterocycles. The van der Waals surface area contributed by atoms with Crippen molar-refractivity contribution in [2.45, 2.75) is 24.2 Å². The van der Waals surface area contributed by atoms with Crippen LogP contribution in [0.1, 0.15) is 18.4 Å². The summed E-state index contributed by atoms with van der Waals surface area (Å²) >= 11 is 1.73. The minimum atomic E-state index is 0.871. The molecule has 0 aliphatic carbocycles. The molecule has 3 N–H and O–H groups in total. The first-order valence-corrected chi connectivity index (χ1v) is 7.15. The molecule has 0 amide bonds. The molecule has 0 spiro atoms. The molecular formula is C13H20N2S. The Morgan fingerprint density at radius 3 is 3.06 bits per heavy atom. The van der Waals surface area contributed by atoms with Gasteiger partial charge in [0.2, 0.25) is 0 Å². The van der Waals surface area contributed by atoms with Crippen LogP contribution in [-0.2, 0) is 6.42 Å². The second-order valence-corrected chi connectivity index (χ2v) is 5.32. The zero-order valence-corrected chi connectivity index (χ0v) is 10.6. The number of hydrogen-bond acceptors (Lipinski definition) is 3. The van der Waals surface area contributed by atoms with E-state index < -0.39 is 0 Å². The van der Waals surface area contributed by atoms with Crippen molar-refractivity contribution in [2.75, 3.05) is 25.1 Å². The molecule has 88 valence electrons. The average Bonchev–Trinajstić information content (AvgIpc) is 2.81. The summed E-state index contributed by atoms with van der Waals surface area (Å²) in [5.41, 5.74) is 8.21. The third-order valence-electron chi connectivity index (χ3n) is 3.30. The summed E-state index contributed by atoms with van der Waals surface area (Å²) in [6.45, 7) is 2.40. The number of nitrogens with two attached hydrogens (primary N) is 1. The van der Waals surface area contributed by atoms with Gasteiger partial charge in [-0.1, -0.05) is 6.07 Å². The number of hydrogen-bond donors (Lipinski definition) is 2. The highest BCUT2D eigenvalue weighted by molar-refractivity contribution is 7.98. The summed E-state index contributed by atoms with van der Waals surface area (Å²) in [6.07, 6.45) is 5.89. The number of rotatable bonds is 4. The van der Waals surface area contributed by atoms with E-state index in [9.17, 15) is 0 Å². The monoisotopic (exact) mass is 236 g/mol. The van der Waals surface area contributed by atoms with E-state index in [2.05, 4.69) is 23.7 Å². The molecule has 1 atom stereocenters. The SMILES string of the molecule is CSc1cc(CCC2CCNC2)ccc1N. The summed E-state index contributed by atoms with van der Waals surface area (Å²) in [5, 5.41) is 3.42. The summed E-state index contributed by atoms with van der Waals surface area (Å²) in [7, 11) is 0. The number of aryl methyl sites for hydroxylation is 1. The lowest BCUT2D eigenvalue weighted by atomic mass is 9.99. The van der Waals surface area contributed by atoms with Crippen molar-refractivity contribution < 1.29 is 0 Å². The molecule has 0 radical (unpaired) electrons. The Balaban J connectivity index is 1.93. The van der Waals surface area contributed by atoms with Crippen molar-refractivity contribution in [1.82, 2.24) is 5.32 Å². The van der Waals surface area contributed by atoms with Crippen LogP contribution in [0.2, 0.25) is 0 Å². The Labute approximate surface area is 102 Å². The fourth-order valence-corrected chi connectivity index (χ4v) is 2.82. The standard InChI is InChI=1S/C13H20N2S/c1-16-13-8-10(4-5-12(13)14)2-3-11-6-7-15-9-11/h4-5,8,11,15H,2-3,6-7,9,14H2,1H3. The molecule has 1 aromatic rings. The van der Waals surface area contributed by atoms with Crippen molar-refractivity contribution >= 4 is 17.4 Å². The van der Waals surface area contributed by atoms with Crippen LogP contribution in [0.5, 0.6) is 0 Å². The minimum absolute atomic E-state index is 0.871. The topological polar surface area (TPSA) is 38.0 Å². The van der Waals surface area contributed by atoms with Gasteiger partial charge >= 0.3 is 0 Å². The Morgan fingerprint density at radius 1 is 1.50 bits per heavy atom. The van der Waals surface area contributed by atoms with Gasteiger partial charge in [0.25, 0.3) is 0 Å². The van der Waals surface area contributed by atoms with Crippen molar-refractivity contribution in [3.8, 4) is 0 Å². The molecule has 0 saturated carbocycles. The van der Waals surface area contributed by atoms with Crippen LogP contribution in [0.4, 0.5) is 5.69 Å². The molecule has 2 nitrogen and oxygen atoms in total. The molecule has 1 saturated heterocycles. The van der Waals surface area contributed by atoms with Gasteiger partial charge in [-0.3, -0.25) is 0 Å². The fourth-order valence-electron chi connectivity index (χ4n) is 2.24. The fraction of sp³-hybridized carbons (Fsp3) is 0.538. The summed E-state index contributed by atoms with van der Waals surface area (Å²) in [6, 6.07) is 6.44. The molecule has 2 rings (SSSR count). The van der Waals surface area contributed by atoms with Crippen LogP contribution in [0.15, 0.2) is 23.1 Å². The molecule has 1 unspecified atom stereocenters. The Kier molecular flexibility index (Phi) is 4.13. The molecule has 1 aliphatic rings. The second kappa shape index (κ2) is 5.60. The Bertz CT molecular complexity index is 346. The maximum atomic E-state index is 5.89. The van der Waals surface area contributed by atoms with Crippen molar-refractivity contribution in [3.63, 3.8) is 0 Å². The second-order valence-electron chi connectivity index (χ2n) is 4.47. The molecule has 1 fully saturated rings. The highest BCUT2D eigenvalue weighted by Crippen LogP contribution is 2.25. The number of benzene rings is 1. The van der Waals surface area contributed by atoms with E-state index in [0.717, 1.165) is 11.6 Å². The lowest BCUT2D eigenvalue weighted by Gasteiger charge is -2.09. The zero-order chi connectivity index (χ0) is 11.4. The largest absolute Gasteiger partial charge is 0.398 e. The average molecular weight is 236 g/mol. The molecule has 0 bridgehead atoms. The van der Waals surface area contributed by atoms with Crippen molar-refractivity contribution in [1.29, 1.82) is 0 Å². The van der Waals surface area contributed by atoms with E-state index in [1.165, 1.54) is 42.8 Å². The predicted molar refractivity (Wildman–Crippen MR) is 71.9 cm³/mol. The van der Waals surface area contributed by atoms with E-state index in [1.807, 2.05) is 6.07 Å².